The Balaban J connectivity index is 1.94. The third-order valence-corrected chi connectivity index (χ3v) is 3.64. The Morgan fingerprint density at radius 2 is 1.73 bits per heavy atom. The summed E-state index contributed by atoms with van der Waals surface area (Å²) in [6, 6.07) is 8.39. The van der Waals surface area contributed by atoms with Crippen molar-refractivity contribution >= 4 is 33.2 Å². The number of carbonyl (C=O) groups is 2. The first kappa shape index (κ1) is 19.3. The number of sulfonamides is 1. The summed E-state index contributed by atoms with van der Waals surface area (Å²) in [6.07, 6.45) is 0.988. The Morgan fingerprint density at radius 1 is 1.04 bits per heavy atom. The molecule has 0 spiro atoms. The summed E-state index contributed by atoms with van der Waals surface area (Å²) in [4.78, 5) is 23.7. The Kier molecular flexibility index (Phi) is 5.88. The van der Waals surface area contributed by atoms with Gasteiger partial charge in [-0.05, 0) is 30.3 Å². The predicted molar refractivity (Wildman–Crippen MR) is 92.2 cm³/mol. The molecule has 0 atom stereocenters. The van der Waals surface area contributed by atoms with E-state index >= 15 is 0 Å². The maximum atomic E-state index is 13.5. The molecule has 0 saturated carbocycles. The first-order valence-electron chi connectivity index (χ1n) is 7.25. The molecule has 26 heavy (non-hydrogen) atoms. The van der Waals surface area contributed by atoms with Crippen LogP contribution >= 0.6 is 0 Å². The van der Waals surface area contributed by atoms with E-state index in [2.05, 4.69) is 15.4 Å². The fourth-order valence-electron chi connectivity index (χ4n) is 2.01. The molecule has 2 rings (SSSR count). The van der Waals surface area contributed by atoms with E-state index in [1.165, 1.54) is 24.3 Å². The molecule has 2 amide bonds. The highest BCUT2D eigenvalue weighted by molar-refractivity contribution is 7.92. The molecule has 0 aliphatic rings. The van der Waals surface area contributed by atoms with Crippen molar-refractivity contribution in [3.05, 3.63) is 59.7 Å². The van der Waals surface area contributed by atoms with Crippen LogP contribution < -0.4 is 15.4 Å². The quantitative estimate of drug-likeness (QED) is 0.706. The number of anilines is 2. The Morgan fingerprint density at radius 3 is 2.38 bits per heavy atom. The molecule has 0 unspecified atom stereocenters. The topological polar surface area (TPSA) is 104 Å². The number of nitrogens with one attached hydrogen (secondary N) is 3. The maximum absolute atomic E-state index is 13.5. The van der Waals surface area contributed by atoms with Gasteiger partial charge in [0.25, 0.3) is 5.91 Å². The van der Waals surface area contributed by atoms with Crippen molar-refractivity contribution in [1.29, 1.82) is 0 Å². The molecule has 0 aliphatic carbocycles. The van der Waals surface area contributed by atoms with Crippen LogP contribution in [0.15, 0.2) is 42.5 Å². The van der Waals surface area contributed by atoms with Gasteiger partial charge < -0.3 is 10.6 Å². The van der Waals surface area contributed by atoms with Gasteiger partial charge in [-0.25, -0.2) is 17.2 Å². The van der Waals surface area contributed by atoms with Crippen LogP contribution in [0.3, 0.4) is 0 Å². The molecule has 0 radical (unpaired) electrons. The van der Waals surface area contributed by atoms with Gasteiger partial charge in [0.1, 0.15) is 11.6 Å². The van der Waals surface area contributed by atoms with E-state index in [0.29, 0.717) is 11.8 Å². The molecule has 7 nitrogen and oxygen atoms in total. The minimum atomic E-state index is -3.46. The van der Waals surface area contributed by atoms with Crippen LogP contribution in [0.4, 0.5) is 20.2 Å². The minimum Gasteiger partial charge on any atom is -0.343 e. The van der Waals surface area contributed by atoms with Crippen molar-refractivity contribution < 1.29 is 26.8 Å². The zero-order chi connectivity index (χ0) is 19.3. The van der Waals surface area contributed by atoms with Crippen LogP contribution in [0.5, 0.6) is 0 Å². The number of halogens is 2. The molecule has 0 heterocycles. The number of carbonyl (C=O) groups excluding carboxylic acids is 2. The van der Waals surface area contributed by atoms with Crippen LogP contribution in [0, 0.1) is 11.6 Å². The summed E-state index contributed by atoms with van der Waals surface area (Å²) in [5.74, 6) is -3.34. The van der Waals surface area contributed by atoms with E-state index in [4.69, 9.17) is 0 Å². The normalized spacial score (nSPS) is 10.9. The van der Waals surface area contributed by atoms with Gasteiger partial charge in [-0.15, -0.1) is 0 Å². The van der Waals surface area contributed by atoms with Crippen molar-refractivity contribution in [3.8, 4) is 0 Å². The van der Waals surface area contributed by atoms with Crippen molar-refractivity contribution in [1.82, 2.24) is 5.32 Å². The second kappa shape index (κ2) is 7.91. The number of rotatable bonds is 6. The number of hydrogen-bond acceptors (Lipinski definition) is 4. The Bertz CT molecular complexity index is 948. The zero-order valence-corrected chi connectivity index (χ0v) is 14.4. The standard InChI is InChI=1S/C16H15F2N3O4S/c1-26(24,25)21-12-4-2-3-11(8-12)20-15(22)9-19-16(23)13-6-5-10(17)7-14(13)18/h2-8,21H,9H2,1H3,(H,19,23)(H,20,22). The lowest BCUT2D eigenvalue weighted by molar-refractivity contribution is -0.115. The van der Waals surface area contributed by atoms with Gasteiger partial charge >= 0.3 is 0 Å². The van der Waals surface area contributed by atoms with E-state index in [-0.39, 0.29) is 5.69 Å². The average molecular weight is 383 g/mol. The maximum Gasteiger partial charge on any atom is 0.254 e. The largest absolute Gasteiger partial charge is 0.343 e. The molecular formula is C16H15F2N3O4S. The van der Waals surface area contributed by atoms with Crippen LogP contribution in [0.25, 0.3) is 0 Å². The lowest BCUT2D eigenvalue weighted by Crippen LogP contribution is -2.33. The first-order chi connectivity index (χ1) is 12.1. The van der Waals surface area contributed by atoms with E-state index in [1.807, 2.05) is 0 Å². The summed E-state index contributed by atoms with van der Waals surface area (Å²) in [7, 11) is -3.46. The predicted octanol–water partition coefficient (Wildman–Crippen LogP) is 1.70. The number of hydrogen-bond donors (Lipinski definition) is 3. The molecule has 2 aromatic carbocycles. The molecule has 138 valence electrons. The fourth-order valence-corrected chi connectivity index (χ4v) is 2.56. The minimum absolute atomic E-state index is 0.253. The van der Waals surface area contributed by atoms with Gasteiger partial charge in [-0.3, -0.25) is 14.3 Å². The highest BCUT2D eigenvalue weighted by Gasteiger charge is 2.13. The van der Waals surface area contributed by atoms with E-state index in [9.17, 15) is 26.8 Å². The highest BCUT2D eigenvalue weighted by atomic mass is 32.2. The number of amides is 2. The smallest absolute Gasteiger partial charge is 0.254 e. The van der Waals surface area contributed by atoms with Crippen molar-refractivity contribution in [2.24, 2.45) is 0 Å². The molecule has 0 fully saturated rings. The van der Waals surface area contributed by atoms with Gasteiger partial charge in [-0.1, -0.05) is 6.07 Å². The van der Waals surface area contributed by atoms with E-state index in [0.717, 1.165) is 18.4 Å². The van der Waals surface area contributed by atoms with Crippen LogP contribution in [0.2, 0.25) is 0 Å². The monoisotopic (exact) mass is 383 g/mol. The Labute approximate surface area is 148 Å². The molecule has 2 aromatic rings. The third-order valence-electron chi connectivity index (χ3n) is 3.03. The van der Waals surface area contributed by atoms with Crippen molar-refractivity contribution in [3.63, 3.8) is 0 Å². The van der Waals surface area contributed by atoms with Gasteiger partial charge in [-0.2, -0.15) is 0 Å². The molecular weight excluding hydrogens is 368 g/mol. The molecule has 0 aliphatic heterocycles. The summed E-state index contributed by atoms with van der Waals surface area (Å²) in [5, 5.41) is 4.66. The lowest BCUT2D eigenvalue weighted by atomic mass is 10.2. The van der Waals surface area contributed by atoms with Crippen molar-refractivity contribution in [2.45, 2.75) is 0 Å². The van der Waals surface area contributed by atoms with Gasteiger partial charge in [0, 0.05) is 11.8 Å². The zero-order valence-electron chi connectivity index (χ0n) is 13.5. The first-order valence-corrected chi connectivity index (χ1v) is 9.14. The molecule has 3 N–H and O–H groups in total. The third kappa shape index (κ3) is 5.81. The summed E-state index contributed by atoms with van der Waals surface area (Å²) in [5.41, 5.74) is 0.159. The van der Waals surface area contributed by atoms with Crippen LogP contribution in [-0.2, 0) is 14.8 Å². The second-order valence-corrected chi connectivity index (χ2v) is 7.06. The van der Waals surface area contributed by atoms with Gasteiger partial charge in [0.05, 0.1) is 24.1 Å². The van der Waals surface area contributed by atoms with Crippen molar-refractivity contribution in [2.75, 3.05) is 22.8 Å². The number of benzene rings is 2. The van der Waals surface area contributed by atoms with Crippen LogP contribution in [0.1, 0.15) is 10.4 Å². The second-order valence-electron chi connectivity index (χ2n) is 5.31. The molecule has 0 aromatic heterocycles. The van der Waals surface area contributed by atoms with Crippen LogP contribution in [-0.4, -0.2) is 33.0 Å². The molecule has 0 bridgehead atoms. The summed E-state index contributed by atoms with van der Waals surface area (Å²) in [6.45, 7) is -0.459. The van der Waals surface area contributed by atoms with E-state index < -0.39 is 45.6 Å². The Hall–Kier alpha value is -3.01. The SMILES string of the molecule is CS(=O)(=O)Nc1cccc(NC(=O)CNC(=O)c2ccc(F)cc2F)c1. The molecule has 0 saturated heterocycles. The van der Waals surface area contributed by atoms with Gasteiger partial charge in [0.15, 0.2) is 0 Å². The molecule has 10 heteroatoms. The van der Waals surface area contributed by atoms with E-state index in [1.54, 1.807) is 0 Å². The summed E-state index contributed by atoms with van der Waals surface area (Å²) < 4.78 is 51.0. The average Bonchev–Trinajstić information content (AvgIpc) is 2.51. The highest BCUT2D eigenvalue weighted by Crippen LogP contribution is 2.16. The van der Waals surface area contributed by atoms with Gasteiger partial charge in [0.2, 0.25) is 15.9 Å². The fraction of sp³-hybridized carbons (Fsp3) is 0.125. The lowest BCUT2D eigenvalue weighted by Gasteiger charge is -2.09. The summed E-state index contributed by atoms with van der Waals surface area (Å²) >= 11 is 0.